The first-order chi connectivity index (χ1) is 7.59. The van der Waals surface area contributed by atoms with Crippen LogP contribution in [0.4, 0.5) is 0 Å². The molecule has 1 aromatic heterocycles. The van der Waals surface area contributed by atoms with Crippen LogP contribution in [0.3, 0.4) is 0 Å². The first-order valence-corrected chi connectivity index (χ1v) is 5.86. The third-order valence-electron chi connectivity index (χ3n) is 1.80. The Kier molecular flexibility index (Phi) is 4.92. The maximum atomic E-state index is 11.1. The quantitative estimate of drug-likeness (QED) is 0.752. The van der Waals surface area contributed by atoms with Gasteiger partial charge in [-0.05, 0) is 18.2 Å². The molecule has 0 bridgehead atoms. The Balaban J connectivity index is 2.63. The monoisotopic (exact) mass is 235 g/mol. The fourth-order valence-corrected chi connectivity index (χ4v) is 1.50. The van der Waals surface area contributed by atoms with Crippen molar-refractivity contribution in [2.45, 2.75) is 13.8 Å². The van der Waals surface area contributed by atoms with Crippen molar-refractivity contribution < 1.29 is 9.59 Å². The maximum Gasteiger partial charge on any atom is 0.186 e. The number of pyridine rings is 1. The van der Waals surface area contributed by atoms with Gasteiger partial charge in [0.15, 0.2) is 10.9 Å². The van der Waals surface area contributed by atoms with Crippen LogP contribution in [0, 0.1) is 0 Å². The summed E-state index contributed by atoms with van der Waals surface area (Å²) in [6, 6.07) is 5.30. The van der Waals surface area contributed by atoms with Crippen LogP contribution in [0.15, 0.2) is 24.3 Å². The van der Waals surface area contributed by atoms with E-state index in [0.717, 1.165) is 5.69 Å². The molecule has 0 amide bonds. The highest BCUT2D eigenvalue weighted by atomic mass is 32.2. The van der Waals surface area contributed by atoms with Crippen molar-refractivity contribution in [1.29, 1.82) is 0 Å². The summed E-state index contributed by atoms with van der Waals surface area (Å²) in [4.78, 5) is 25.9. The number of aromatic nitrogens is 1. The zero-order valence-electron chi connectivity index (χ0n) is 9.27. The average molecular weight is 235 g/mol. The van der Waals surface area contributed by atoms with E-state index < -0.39 is 0 Å². The summed E-state index contributed by atoms with van der Waals surface area (Å²) in [5.74, 6) is 0.578. The second kappa shape index (κ2) is 6.23. The van der Waals surface area contributed by atoms with E-state index in [2.05, 4.69) is 4.98 Å². The van der Waals surface area contributed by atoms with Crippen LogP contribution in [-0.4, -0.2) is 21.6 Å². The largest absolute Gasteiger partial charge is 0.293 e. The van der Waals surface area contributed by atoms with Crippen LogP contribution >= 0.6 is 11.8 Å². The standard InChI is InChI=1S/C12H13NO2S/c1-9(14)12-7-3-5-11(13-12)6-4-8-16-10(2)15/h3-7H,8H2,1-2H3. The van der Waals surface area contributed by atoms with Gasteiger partial charge in [0.2, 0.25) is 0 Å². The second-order valence-electron chi connectivity index (χ2n) is 3.21. The summed E-state index contributed by atoms with van der Waals surface area (Å²) in [6.45, 7) is 3.02. The van der Waals surface area contributed by atoms with Crippen LogP contribution in [0.1, 0.15) is 30.0 Å². The SMILES string of the molecule is CC(=O)SCC=Cc1cccc(C(C)=O)n1. The molecular formula is C12H13NO2S. The predicted octanol–water partition coefficient (Wildman–Crippen LogP) is 2.58. The number of nitrogens with zero attached hydrogens (tertiary/aromatic N) is 1. The summed E-state index contributed by atoms with van der Waals surface area (Å²) < 4.78 is 0. The highest BCUT2D eigenvalue weighted by molar-refractivity contribution is 8.13. The third kappa shape index (κ3) is 4.40. The van der Waals surface area contributed by atoms with Crippen molar-refractivity contribution in [2.75, 3.05) is 5.75 Å². The van der Waals surface area contributed by atoms with Gasteiger partial charge in [0.25, 0.3) is 0 Å². The molecule has 0 atom stereocenters. The predicted molar refractivity (Wildman–Crippen MR) is 66.4 cm³/mol. The molecule has 0 aliphatic rings. The van der Waals surface area contributed by atoms with Crippen LogP contribution in [0.25, 0.3) is 6.08 Å². The van der Waals surface area contributed by atoms with Crippen molar-refractivity contribution in [2.24, 2.45) is 0 Å². The molecule has 0 aliphatic carbocycles. The fourth-order valence-electron chi connectivity index (χ4n) is 1.07. The number of hydrogen-bond acceptors (Lipinski definition) is 4. The van der Waals surface area contributed by atoms with Crippen molar-refractivity contribution in [3.8, 4) is 0 Å². The smallest absolute Gasteiger partial charge is 0.186 e. The number of carbonyl (C=O) groups is 2. The molecule has 84 valence electrons. The second-order valence-corrected chi connectivity index (χ2v) is 4.41. The van der Waals surface area contributed by atoms with Gasteiger partial charge in [-0.15, -0.1) is 0 Å². The zero-order valence-corrected chi connectivity index (χ0v) is 10.1. The van der Waals surface area contributed by atoms with E-state index in [1.165, 1.54) is 25.6 Å². The number of hydrogen-bond donors (Lipinski definition) is 0. The molecular weight excluding hydrogens is 222 g/mol. The molecule has 0 saturated heterocycles. The summed E-state index contributed by atoms with van der Waals surface area (Å²) in [5, 5.41) is 0.0927. The Morgan fingerprint density at radius 2 is 2.12 bits per heavy atom. The van der Waals surface area contributed by atoms with E-state index in [0.29, 0.717) is 11.4 Å². The molecule has 0 N–H and O–H groups in total. The average Bonchev–Trinajstić information content (AvgIpc) is 2.24. The molecule has 0 fully saturated rings. The van der Waals surface area contributed by atoms with Crippen LogP contribution in [0.2, 0.25) is 0 Å². The molecule has 1 rings (SSSR count). The topological polar surface area (TPSA) is 47.0 Å². The lowest BCUT2D eigenvalue weighted by molar-refractivity contribution is -0.109. The van der Waals surface area contributed by atoms with E-state index in [1.807, 2.05) is 18.2 Å². The minimum Gasteiger partial charge on any atom is -0.293 e. The van der Waals surface area contributed by atoms with E-state index in [-0.39, 0.29) is 10.9 Å². The van der Waals surface area contributed by atoms with E-state index >= 15 is 0 Å². The fraction of sp³-hybridized carbons (Fsp3) is 0.250. The lowest BCUT2D eigenvalue weighted by Gasteiger charge is -1.96. The van der Waals surface area contributed by atoms with Gasteiger partial charge < -0.3 is 0 Å². The molecule has 16 heavy (non-hydrogen) atoms. The Morgan fingerprint density at radius 3 is 2.75 bits per heavy atom. The normalized spacial score (nSPS) is 10.6. The number of Topliss-reactive ketones (excluding diaryl/α,β-unsaturated/α-hetero) is 1. The highest BCUT2D eigenvalue weighted by Crippen LogP contribution is 2.05. The van der Waals surface area contributed by atoms with E-state index in [1.54, 1.807) is 12.1 Å². The van der Waals surface area contributed by atoms with Gasteiger partial charge in [-0.25, -0.2) is 4.98 Å². The highest BCUT2D eigenvalue weighted by Gasteiger charge is 1.99. The molecule has 1 aromatic rings. The lowest BCUT2D eigenvalue weighted by atomic mass is 10.2. The van der Waals surface area contributed by atoms with Gasteiger partial charge in [-0.1, -0.05) is 23.9 Å². The molecule has 4 heteroatoms. The summed E-state index contributed by atoms with van der Waals surface area (Å²) in [7, 11) is 0. The van der Waals surface area contributed by atoms with Crippen LogP contribution in [0.5, 0.6) is 0 Å². The first-order valence-electron chi connectivity index (χ1n) is 4.87. The van der Waals surface area contributed by atoms with Gasteiger partial charge in [-0.3, -0.25) is 9.59 Å². The molecule has 0 spiro atoms. The zero-order chi connectivity index (χ0) is 12.0. The molecule has 3 nitrogen and oxygen atoms in total. The molecule has 0 radical (unpaired) electrons. The Hall–Kier alpha value is -1.42. The molecule has 0 saturated carbocycles. The number of ketones is 1. The Labute approximate surface area is 99.0 Å². The molecule has 1 heterocycles. The lowest BCUT2D eigenvalue weighted by Crippen LogP contribution is -1.97. The molecule has 0 aliphatic heterocycles. The molecule has 0 aromatic carbocycles. The van der Waals surface area contributed by atoms with E-state index in [9.17, 15) is 9.59 Å². The van der Waals surface area contributed by atoms with Gasteiger partial charge in [0.1, 0.15) is 5.69 Å². The minimum absolute atomic E-state index is 0.0478. The number of carbonyl (C=O) groups excluding carboxylic acids is 2. The van der Waals surface area contributed by atoms with Gasteiger partial charge >= 0.3 is 0 Å². The van der Waals surface area contributed by atoms with Crippen molar-refractivity contribution in [3.63, 3.8) is 0 Å². The summed E-state index contributed by atoms with van der Waals surface area (Å²) in [5.41, 5.74) is 1.19. The summed E-state index contributed by atoms with van der Waals surface area (Å²) >= 11 is 1.24. The number of rotatable bonds is 4. The Bertz CT molecular complexity index is 427. The van der Waals surface area contributed by atoms with Crippen molar-refractivity contribution in [3.05, 3.63) is 35.7 Å². The Morgan fingerprint density at radius 1 is 1.38 bits per heavy atom. The number of thioether (sulfide) groups is 1. The van der Waals surface area contributed by atoms with Gasteiger partial charge in [0, 0.05) is 19.6 Å². The molecule has 0 unspecified atom stereocenters. The van der Waals surface area contributed by atoms with Gasteiger partial charge in [-0.2, -0.15) is 0 Å². The first kappa shape index (κ1) is 12.6. The van der Waals surface area contributed by atoms with Gasteiger partial charge in [0.05, 0.1) is 5.69 Å². The third-order valence-corrected chi connectivity index (χ3v) is 2.57. The summed E-state index contributed by atoms with van der Waals surface area (Å²) in [6.07, 6.45) is 3.67. The maximum absolute atomic E-state index is 11.1. The van der Waals surface area contributed by atoms with E-state index in [4.69, 9.17) is 0 Å². The van der Waals surface area contributed by atoms with Crippen molar-refractivity contribution >= 4 is 28.7 Å². The minimum atomic E-state index is -0.0478. The van der Waals surface area contributed by atoms with Crippen LogP contribution in [-0.2, 0) is 4.79 Å². The van der Waals surface area contributed by atoms with Crippen LogP contribution < -0.4 is 0 Å². The van der Waals surface area contributed by atoms with Crippen molar-refractivity contribution in [1.82, 2.24) is 4.98 Å².